The van der Waals surface area contributed by atoms with Gasteiger partial charge in [0.1, 0.15) is 0 Å². The highest BCUT2D eigenvalue weighted by Gasteiger charge is 2.13. The molecule has 2 rings (SSSR count). The van der Waals surface area contributed by atoms with E-state index in [4.69, 9.17) is 10.00 Å². The van der Waals surface area contributed by atoms with Crippen molar-refractivity contribution in [1.29, 1.82) is 5.26 Å². The number of hydrogen-bond donors (Lipinski definition) is 0. The number of imidazole rings is 1. The van der Waals surface area contributed by atoms with Crippen LogP contribution < -0.4 is 0 Å². The zero-order chi connectivity index (χ0) is 13.7. The van der Waals surface area contributed by atoms with Crippen molar-refractivity contribution in [3.05, 3.63) is 53.6 Å². The Morgan fingerprint density at radius 3 is 2.79 bits per heavy atom. The first-order valence-corrected chi connectivity index (χ1v) is 5.92. The Balaban J connectivity index is 2.17. The molecule has 0 aliphatic heterocycles. The van der Waals surface area contributed by atoms with Crippen molar-refractivity contribution in [3.8, 4) is 6.07 Å². The SMILES string of the molecule is CCOC(=O)c1nccn1Cc1ccc(C#N)cc1. The molecule has 0 unspecified atom stereocenters. The first kappa shape index (κ1) is 12.8. The lowest BCUT2D eigenvalue weighted by atomic mass is 10.1. The Morgan fingerprint density at radius 2 is 2.16 bits per heavy atom. The average Bonchev–Trinajstić information content (AvgIpc) is 2.88. The fourth-order valence-electron chi connectivity index (χ4n) is 1.70. The Hall–Kier alpha value is -2.61. The summed E-state index contributed by atoms with van der Waals surface area (Å²) in [4.78, 5) is 15.7. The van der Waals surface area contributed by atoms with Gasteiger partial charge >= 0.3 is 5.97 Å². The highest BCUT2D eigenvalue weighted by atomic mass is 16.5. The van der Waals surface area contributed by atoms with Crippen LogP contribution >= 0.6 is 0 Å². The maximum atomic E-state index is 11.7. The van der Waals surface area contributed by atoms with E-state index in [1.807, 2.05) is 12.1 Å². The minimum absolute atomic E-state index is 0.284. The van der Waals surface area contributed by atoms with Gasteiger partial charge in [-0.2, -0.15) is 5.26 Å². The second-order valence-electron chi connectivity index (χ2n) is 3.91. The zero-order valence-corrected chi connectivity index (χ0v) is 10.5. The van der Waals surface area contributed by atoms with Crippen molar-refractivity contribution in [1.82, 2.24) is 9.55 Å². The molecule has 0 atom stereocenters. The van der Waals surface area contributed by atoms with Gasteiger partial charge < -0.3 is 9.30 Å². The molecular weight excluding hydrogens is 242 g/mol. The van der Waals surface area contributed by atoms with Gasteiger partial charge in [0.05, 0.1) is 18.2 Å². The van der Waals surface area contributed by atoms with Crippen molar-refractivity contribution < 1.29 is 9.53 Å². The number of nitriles is 1. The molecule has 1 aromatic heterocycles. The molecule has 5 nitrogen and oxygen atoms in total. The Bertz CT molecular complexity index is 608. The summed E-state index contributed by atoms with van der Waals surface area (Å²) in [5.74, 6) is -0.146. The normalized spacial score (nSPS) is 9.89. The van der Waals surface area contributed by atoms with E-state index in [0.29, 0.717) is 18.7 Å². The maximum Gasteiger partial charge on any atom is 0.374 e. The van der Waals surface area contributed by atoms with Gasteiger partial charge in [-0.25, -0.2) is 9.78 Å². The van der Waals surface area contributed by atoms with Crippen molar-refractivity contribution in [2.24, 2.45) is 0 Å². The highest BCUT2D eigenvalue weighted by molar-refractivity contribution is 5.85. The van der Waals surface area contributed by atoms with Crippen molar-refractivity contribution in [3.63, 3.8) is 0 Å². The third-order valence-electron chi connectivity index (χ3n) is 2.61. The first-order valence-electron chi connectivity index (χ1n) is 5.92. The van der Waals surface area contributed by atoms with Crippen LogP contribution in [-0.2, 0) is 11.3 Å². The molecule has 19 heavy (non-hydrogen) atoms. The van der Waals surface area contributed by atoms with Crippen LogP contribution in [0.2, 0.25) is 0 Å². The predicted octanol–water partition coefficient (Wildman–Crippen LogP) is 1.98. The molecule has 2 aromatic rings. The third kappa shape index (κ3) is 2.99. The molecule has 1 heterocycles. The van der Waals surface area contributed by atoms with Crippen LogP contribution in [0.4, 0.5) is 0 Å². The van der Waals surface area contributed by atoms with Gasteiger partial charge in [0.15, 0.2) is 0 Å². The van der Waals surface area contributed by atoms with E-state index in [9.17, 15) is 4.79 Å². The van der Waals surface area contributed by atoms with Crippen LogP contribution in [0, 0.1) is 11.3 Å². The number of rotatable bonds is 4. The molecule has 0 bridgehead atoms. The van der Waals surface area contributed by atoms with E-state index in [0.717, 1.165) is 5.56 Å². The first-order chi connectivity index (χ1) is 9.24. The number of ether oxygens (including phenoxy) is 1. The molecule has 0 aliphatic rings. The highest BCUT2D eigenvalue weighted by Crippen LogP contribution is 2.08. The monoisotopic (exact) mass is 255 g/mol. The summed E-state index contributed by atoms with van der Waals surface area (Å²) in [7, 11) is 0. The Kier molecular flexibility index (Phi) is 3.94. The van der Waals surface area contributed by atoms with Crippen LogP contribution in [-0.4, -0.2) is 22.1 Å². The summed E-state index contributed by atoms with van der Waals surface area (Å²) in [5.41, 5.74) is 1.60. The topological polar surface area (TPSA) is 67.9 Å². The summed E-state index contributed by atoms with van der Waals surface area (Å²) < 4.78 is 6.66. The molecule has 0 spiro atoms. The molecular formula is C14H13N3O2. The second kappa shape index (κ2) is 5.83. The number of aromatic nitrogens is 2. The van der Waals surface area contributed by atoms with E-state index < -0.39 is 5.97 Å². The van der Waals surface area contributed by atoms with Gasteiger partial charge in [0.25, 0.3) is 0 Å². The number of esters is 1. The van der Waals surface area contributed by atoms with Gasteiger partial charge in [-0.1, -0.05) is 12.1 Å². The fourth-order valence-corrected chi connectivity index (χ4v) is 1.70. The van der Waals surface area contributed by atoms with E-state index in [2.05, 4.69) is 11.1 Å². The lowest BCUT2D eigenvalue weighted by Crippen LogP contribution is -2.13. The summed E-state index contributed by atoms with van der Waals surface area (Å²) in [6.07, 6.45) is 3.29. The minimum atomic E-state index is -0.429. The molecule has 0 N–H and O–H groups in total. The second-order valence-corrected chi connectivity index (χ2v) is 3.91. The summed E-state index contributed by atoms with van der Waals surface area (Å²) in [6, 6.07) is 9.27. The lowest BCUT2D eigenvalue weighted by molar-refractivity contribution is 0.0507. The van der Waals surface area contributed by atoms with Crippen LogP contribution in [0.3, 0.4) is 0 Å². The number of carbonyl (C=O) groups excluding carboxylic acids is 1. The van der Waals surface area contributed by atoms with E-state index >= 15 is 0 Å². The number of benzene rings is 1. The number of hydrogen-bond acceptors (Lipinski definition) is 4. The van der Waals surface area contributed by atoms with Crippen LogP contribution in [0.25, 0.3) is 0 Å². The van der Waals surface area contributed by atoms with Crippen LogP contribution in [0.1, 0.15) is 28.7 Å². The average molecular weight is 255 g/mol. The van der Waals surface area contributed by atoms with Gasteiger partial charge in [-0.05, 0) is 24.6 Å². The Labute approximate surface area is 111 Å². The van der Waals surface area contributed by atoms with Crippen molar-refractivity contribution in [2.45, 2.75) is 13.5 Å². The predicted molar refractivity (Wildman–Crippen MR) is 68.4 cm³/mol. The van der Waals surface area contributed by atoms with E-state index in [1.54, 1.807) is 36.0 Å². The summed E-state index contributed by atoms with van der Waals surface area (Å²) in [6.45, 7) is 2.59. The largest absolute Gasteiger partial charge is 0.460 e. The Morgan fingerprint density at radius 1 is 1.42 bits per heavy atom. The standard InChI is InChI=1S/C14H13N3O2/c1-2-19-14(18)13-16-7-8-17(13)10-12-5-3-11(9-15)4-6-12/h3-8H,2,10H2,1H3. The lowest BCUT2D eigenvalue weighted by Gasteiger charge is -2.07. The van der Waals surface area contributed by atoms with E-state index in [-0.39, 0.29) is 5.82 Å². The van der Waals surface area contributed by atoms with Gasteiger partial charge in [0.2, 0.25) is 5.82 Å². The van der Waals surface area contributed by atoms with Crippen LogP contribution in [0.15, 0.2) is 36.7 Å². The minimum Gasteiger partial charge on any atom is -0.460 e. The van der Waals surface area contributed by atoms with Crippen molar-refractivity contribution in [2.75, 3.05) is 6.61 Å². The smallest absolute Gasteiger partial charge is 0.374 e. The van der Waals surface area contributed by atoms with Gasteiger partial charge in [-0.3, -0.25) is 0 Å². The maximum absolute atomic E-state index is 11.7. The molecule has 5 heteroatoms. The molecule has 0 saturated carbocycles. The van der Waals surface area contributed by atoms with Crippen LogP contribution in [0.5, 0.6) is 0 Å². The van der Waals surface area contributed by atoms with Crippen molar-refractivity contribution >= 4 is 5.97 Å². The summed E-state index contributed by atoms with van der Waals surface area (Å²) in [5, 5.41) is 8.73. The quantitative estimate of drug-likeness (QED) is 0.783. The molecule has 0 aliphatic carbocycles. The molecule has 1 aromatic carbocycles. The van der Waals surface area contributed by atoms with Gasteiger partial charge in [-0.15, -0.1) is 0 Å². The number of carbonyl (C=O) groups is 1. The van der Waals surface area contributed by atoms with E-state index in [1.165, 1.54) is 0 Å². The molecule has 0 radical (unpaired) electrons. The molecule has 0 amide bonds. The molecule has 96 valence electrons. The fraction of sp³-hybridized carbons (Fsp3) is 0.214. The number of nitrogens with zero attached hydrogens (tertiary/aromatic N) is 3. The third-order valence-corrected chi connectivity index (χ3v) is 2.61. The molecule has 0 fully saturated rings. The van der Waals surface area contributed by atoms with Gasteiger partial charge in [0, 0.05) is 18.9 Å². The zero-order valence-electron chi connectivity index (χ0n) is 10.5. The molecule has 0 saturated heterocycles. The summed E-state index contributed by atoms with van der Waals surface area (Å²) >= 11 is 0.